The fraction of sp³-hybridized carbons (Fsp3) is 0.357. The van der Waals surface area contributed by atoms with Crippen molar-refractivity contribution in [2.24, 2.45) is 0 Å². The van der Waals surface area contributed by atoms with Crippen molar-refractivity contribution < 1.29 is 23.9 Å². The van der Waals surface area contributed by atoms with Crippen molar-refractivity contribution in [2.75, 3.05) is 6.61 Å². The molecule has 1 aromatic carbocycles. The molecule has 0 bridgehead atoms. The number of hydrogen-bond acceptors (Lipinski definition) is 5. The second-order valence-electron chi connectivity index (χ2n) is 3.94. The number of carbonyl (C=O) groups excluding carboxylic acids is 3. The summed E-state index contributed by atoms with van der Waals surface area (Å²) in [5.74, 6) is -0.891. The Kier molecular flexibility index (Phi) is 5.23. The van der Waals surface area contributed by atoms with Gasteiger partial charge in [0.05, 0.1) is 6.61 Å². The highest BCUT2D eigenvalue weighted by Gasteiger charge is 2.26. The van der Waals surface area contributed by atoms with Crippen LogP contribution in [0.1, 0.15) is 31.1 Å². The van der Waals surface area contributed by atoms with Crippen LogP contribution in [0.4, 0.5) is 0 Å². The zero-order valence-electron chi connectivity index (χ0n) is 11.1. The van der Waals surface area contributed by atoms with Gasteiger partial charge in [-0.15, -0.1) is 0 Å². The van der Waals surface area contributed by atoms with E-state index in [0.717, 1.165) is 0 Å². The monoisotopic (exact) mass is 264 g/mol. The van der Waals surface area contributed by atoms with Gasteiger partial charge in [-0.25, -0.2) is 4.79 Å². The molecule has 5 nitrogen and oxygen atoms in total. The van der Waals surface area contributed by atoms with Gasteiger partial charge in [0.1, 0.15) is 5.75 Å². The number of ether oxygens (including phenoxy) is 2. The van der Waals surface area contributed by atoms with E-state index in [2.05, 4.69) is 0 Å². The van der Waals surface area contributed by atoms with Crippen LogP contribution in [-0.4, -0.2) is 30.2 Å². The summed E-state index contributed by atoms with van der Waals surface area (Å²) in [7, 11) is 0. The minimum atomic E-state index is -1.27. The van der Waals surface area contributed by atoms with Gasteiger partial charge < -0.3 is 9.47 Å². The van der Waals surface area contributed by atoms with E-state index in [-0.39, 0.29) is 12.4 Å². The molecular weight excluding hydrogens is 248 g/mol. The molecule has 5 heteroatoms. The number of ketones is 2. The van der Waals surface area contributed by atoms with E-state index < -0.39 is 17.9 Å². The van der Waals surface area contributed by atoms with E-state index in [1.54, 1.807) is 19.1 Å². The summed E-state index contributed by atoms with van der Waals surface area (Å²) in [6.07, 6.45) is -1.27. The van der Waals surface area contributed by atoms with Crippen LogP contribution in [0, 0.1) is 0 Å². The number of carbonyl (C=O) groups is 3. The Morgan fingerprint density at radius 2 is 1.68 bits per heavy atom. The van der Waals surface area contributed by atoms with Gasteiger partial charge in [0.25, 0.3) is 6.10 Å². The Balaban J connectivity index is 2.82. The smallest absolute Gasteiger partial charge is 0.355 e. The SMILES string of the molecule is CCOC(=O)C(Oc1ccc(C(C)=O)cc1)C(C)=O. The molecule has 0 aliphatic carbocycles. The molecule has 102 valence electrons. The zero-order valence-corrected chi connectivity index (χ0v) is 11.1. The molecule has 0 aromatic heterocycles. The molecule has 0 aliphatic heterocycles. The molecule has 1 rings (SSSR count). The highest BCUT2D eigenvalue weighted by atomic mass is 16.6. The Bertz CT molecular complexity index is 475. The van der Waals surface area contributed by atoms with Crippen LogP contribution in [0.3, 0.4) is 0 Å². The quantitative estimate of drug-likeness (QED) is 0.445. The summed E-state index contributed by atoms with van der Waals surface area (Å²) >= 11 is 0. The molecule has 1 atom stereocenters. The van der Waals surface area contributed by atoms with Gasteiger partial charge >= 0.3 is 5.97 Å². The number of hydrogen-bond donors (Lipinski definition) is 0. The van der Waals surface area contributed by atoms with E-state index in [1.807, 2.05) is 0 Å². The summed E-state index contributed by atoms with van der Waals surface area (Å²) < 4.78 is 10.1. The van der Waals surface area contributed by atoms with Crippen LogP contribution < -0.4 is 4.74 Å². The van der Waals surface area contributed by atoms with Gasteiger partial charge in [0.15, 0.2) is 11.6 Å². The molecular formula is C14H16O5. The van der Waals surface area contributed by atoms with Gasteiger partial charge in [-0.3, -0.25) is 9.59 Å². The van der Waals surface area contributed by atoms with Gasteiger partial charge in [-0.05, 0) is 45.0 Å². The third-order valence-electron chi connectivity index (χ3n) is 2.38. The normalized spacial score (nSPS) is 11.5. The first kappa shape index (κ1) is 14.9. The van der Waals surface area contributed by atoms with Crippen molar-refractivity contribution in [2.45, 2.75) is 26.9 Å². The van der Waals surface area contributed by atoms with Gasteiger partial charge in [0, 0.05) is 5.56 Å². The summed E-state index contributed by atoms with van der Waals surface area (Å²) in [4.78, 5) is 34.0. The van der Waals surface area contributed by atoms with Crippen molar-refractivity contribution >= 4 is 17.5 Å². The predicted octanol–water partition coefficient (Wildman–Crippen LogP) is 1.79. The average molecular weight is 264 g/mol. The number of Topliss-reactive ketones (excluding diaryl/α,β-unsaturated/α-hetero) is 2. The van der Waals surface area contributed by atoms with Crippen LogP contribution >= 0.6 is 0 Å². The van der Waals surface area contributed by atoms with E-state index in [0.29, 0.717) is 11.3 Å². The van der Waals surface area contributed by atoms with E-state index in [9.17, 15) is 14.4 Å². The second kappa shape index (κ2) is 6.68. The van der Waals surface area contributed by atoms with Crippen molar-refractivity contribution in [3.05, 3.63) is 29.8 Å². The Morgan fingerprint density at radius 1 is 1.11 bits per heavy atom. The average Bonchev–Trinajstić information content (AvgIpc) is 2.36. The zero-order chi connectivity index (χ0) is 14.4. The summed E-state index contributed by atoms with van der Waals surface area (Å²) in [5.41, 5.74) is 0.530. The molecule has 19 heavy (non-hydrogen) atoms. The first-order chi connectivity index (χ1) is 8.95. The van der Waals surface area contributed by atoms with Crippen LogP contribution in [0.2, 0.25) is 0 Å². The molecule has 0 aliphatic rings. The van der Waals surface area contributed by atoms with Crippen molar-refractivity contribution in [1.82, 2.24) is 0 Å². The minimum absolute atomic E-state index is 0.0694. The van der Waals surface area contributed by atoms with Crippen molar-refractivity contribution in [1.29, 1.82) is 0 Å². The van der Waals surface area contributed by atoms with Gasteiger partial charge in [-0.2, -0.15) is 0 Å². The number of benzene rings is 1. The molecule has 0 amide bonds. The van der Waals surface area contributed by atoms with E-state index in [1.165, 1.54) is 26.0 Å². The van der Waals surface area contributed by atoms with Gasteiger partial charge in [0.2, 0.25) is 0 Å². The fourth-order valence-electron chi connectivity index (χ4n) is 1.42. The molecule has 0 saturated heterocycles. The van der Waals surface area contributed by atoms with Crippen molar-refractivity contribution in [3.8, 4) is 5.75 Å². The lowest BCUT2D eigenvalue weighted by atomic mass is 10.1. The topological polar surface area (TPSA) is 69.7 Å². The van der Waals surface area contributed by atoms with Crippen LogP contribution in [-0.2, 0) is 14.3 Å². The highest BCUT2D eigenvalue weighted by Crippen LogP contribution is 2.15. The summed E-state index contributed by atoms with van der Waals surface area (Å²) in [6.45, 7) is 4.53. The van der Waals surface area contributed by atoms with Crippen LogP contribution in [0.25, 0.3) is 0 Å². The molecule has 0 radical (unpaired) electrons. The maximum Gasteiger partial charge on any atom is 0.355 e. The first-order valence-corrected chi connectivity index (χ1v) is 5.90. The Labute approximate surface area is 111 Å². The molecule has 1 aromatic rings. The molecule has 0 heterocycles. The van der Waals surface area contributed by atoms with Crippen LogP contribution in [0.15, 0.2) is 24.3 Å². The molecule has 0 saturated carbocycles. The minimum Gasteiger partial charge on any atom is -0.471 e. The standard InChI is InChI=1S/C14H16O5/c1-4-18-14(17)13(10(3)16)19-12-7-5-11(6-8-12)9(2)15/h5-8,13H,4H2,1-3H3. The van der Waals surface area contributed by atoms with E-state index >= 15 is 0 Å². The lowest BCUT2D eigenvalue weighted by Crippen LogP contribution is -2.35. The molecule has 1 unspecified atom stereocenters. The van der Waals surface area contributed by atoms with Gasteiger partial charge in [-0.1, -0.05) is 0 Å². The third-order valence-corrected chi connectivity index (χ3v) is 2.38. The lowest BCUT2D eigenvalue weighted by Gasteiger charge is -2.15. The largest absolute Gasteiger partial charge is 0.471 e. The molecule has 0 N–H and O–H groups in total. The number of esters is 1. The fourth-order valence-corrected chi connectivity index (χ4v) is 1.42. The first-order valence-electron chi connectivity index (χ1n) is 5.90. The Hall–Kier alpha value is -2.17. The highest BCUT2D eigenvalue weighted by molar-refractivity contribution is 6.01. The van der Waals surface area contributed by atoms with Crippen molar-refractivity contribution in [3.63, 3.8) is 0 Å². The molecule has 0 fully saturated rings. The lowest BCUT2D eigenvalue weighted by molar-refractivity contribution is -0.154. The van der Waals surface area contributed by atoms with Crippen LogP contribution in [0.5, 0.6) is 5.75 Å². The third kappa shape index (κ3) is 4.21. The number of rotatable bonds is 6. The second-order valence-corrected chi connectivity index (χ2v) is 3.94. The maximum absolute atomic E-state index is 11.5. The maximum atomic E-state index is 11.5. The van der Waals surface area contributed by atoms with E-state index in [4.69, 9.17) is 9.47 Å². The molecule has 0 spiro atoms. The Morgan fingerprint density at radius 3 is 2.11 bits per heavy atom. The summed E-state index contributed by atoms with van der Waals surface area (Å²) in [5, 5.41) is 0. The predicted molar refractivity (Wildman–Crippen MR) is 68.2 cm³/mol. The summed E-state index contributed by atoms with van der Waals surface area (Å²) in [6, 6.07) is 6.21.